The smallest absolute Gasteiger partial charge is 0.263 e. The van der Waals surface area contributed by atoms with E-state index in [1.165, 1.54) is 30.2 Å². The molecule has 0 radical (unpaired) electrons. The summed E-state index contributed by atoms with van der Waals surface area (Å²) in [5.41, 5.74) is 0.736. The Labute approximate surface area is 119 Å². The highest BCUT2D eigenvalue weighted by atomic mass is 32.1. The summed E-state index contributed by atoms with van der Waals surface area (Å²) in [5, 5.41) is 11.5. The normalized spacial score (nSPS) is 10.2. The number of nitrogens with zero attached hydrogens (tertiary/aromatic N) is 2. The molecule has 0 saturated heterocycles. The number of aromatic nitrogens is 2. The van der Waals surface area contributed by atoms with Gasteiger partial charge in [-0.15, -0.1) is 16.4 Å². The molecule has 0 aliphatic carbocycles. The van der Waals surface area contributed by atoms with E-state index >= 15 is 0 Å². The van der Waals surface area contributed by atoms with Crippen LogP contribution in [0.4, 0.5) is 5.00 Å². The Kier molecular flexibility index (Phi) is 4.04. The molecule has 8 heteroatoms. The Hall–Kier alpha value is -2.35. The highest BCUT2D eigenvalue weighted by Crippen LogP contribution is 2.25. The third-order valence-corrected chi connectivity index (χ3v) is 3.43. The topological polar surface area (TPSA) is 85.3 Å². The van der Waals surface area contributed by atoms with E-state index in [4.69, 9.17) is 4.74 Å². The third-order valence-electron chi connectivity index (χ3n) is 2.60. The van der Waals surface area contributed by atoms with Gasteiger partial charge < -0.3 is 15.4 Å². The summed E-state index contributed by atoms with van der Waals surface area (Å²) in [7, 11) is 4.68. The Morgan fingerprint density at radius 2 is 2.10 bits per heavy atom. The van der Waals surface area contributed by atoms with Gasteiger partial charge in [-0.25, -0.2) is 0 Å². The quantitative estimate of drug-likeness (QED) is 0.884. The summed E-state index contributed by atoms with van der Waals surface area (Å²) in [5.74, 6) is -0.384. The number of nitrogens with one attached hydrogen (secondary N) is 2. The maximum absolute atomic E-state index is 12.2. The molecule has 0 aliphatic heterocycles. The molecule has 2 aromatic rings. The highest BCUT2D eigenvalue weighted by Gasteiger charge is 2.19. The fourth-order valence-electron chi connectivity index (χ4n) is 1.66. The number of carbonyl (C=O) groups excluding carboxylic acids is 2. The number of thiophene rings is 1. The predicted molar refractivity (Wildman–Crippen MR) is 75.4 cm³/mol. The monoisotopic (exact) mass is 294 g/mol. The van der Waals surface area contributed by atoms with E-state index in [0.29, 0.717) is 16.1 Å². The first-order chi connectivity index (χ1) is 9.56. The summed E-state index contributed by atoms with van der Waals surface area (Å²) in [4.78, 5) is 23.8. The van der Waals surface area contributed by atoms with Crippen molar-refractivity contribution in [1.82, 2.24) is 15.1 Å². The molecule has 7 nitrogen and oxygen atoms in total. The van der Waals surface area contributed by atoms with Crippen LogP contribution < -0.4 is 15.4 Å². The van der Waals surface area contributed by atoms with Crippen LogP contribution in [0.5, 0.6) is 5.88 Å². The molecule has 2 N–H and O–H groups in total. The lowest BCUT2D eigenvalue weighted by Crippen LogP contribution is -2.20. The van der Waals surface area contributed by atoms with E-state index in [2.05, 4.69) is 15.7 Å². The second kappa shape index (κ2) is 5.74. The van der Waals surface area contributed by atoms with Crippen molar-refractivity contribution in [3.63, 3.8) is 0 Å². The van der Waals surface area contributed by atoms with E-state index in [9.17, 15) is 9.59 Å². The largest absolute Gasteiger partial charge is 0.479 e. The second-order valence-electron chi connectivity index (χ2n) is 3.92. The fourth-order valence-corrected chi connectivity index (χ4v) is 2.44. The minimum absolute atomic E-state index is 0.239. The van der Waals surface area contributed by atoms with E-state index in [1.54, 1.807) is 24.7 Å². The molecule has 2 rings (SSSR count). The number of rotatable bonds is 4. The van der Waals surface area contributed by atoms with Crippen LogP contribution in [-0.2, 0) is 7.05 Å². The van der Waals surface area contributed by atoms with Gasteiger partial charge in [-0.2, -0.15) is 0 Å². The number of hydrogen-bond donors (Lipinski definition) is 2. The number of anilines is 1. The first-order valence-corrected chi connectivity index (χ1v) is 6.63. The predicted octanol–water partition coefficient (Wildman–Crippen LogP) is 1.10. The molecule has 20 heavy (non-hydrogen) atoms. The average molecular weight is 294 g/mol. The number of amides is 2. The van der Waals surface area contributed by atoms with Gasteiger partial charge in [-0.3, -0.25) is 14.3 Å². The fraction of sp³-hybridized carbons (Fsp3) is 0.250. The van der Waals surface area contributed by atoms with E-state index in [0.717, 1.165) is 0 Å². The summed E-state index contributed by atoms with van der Waals surface area (Å²) < 4.78 is 6.52. The van der Waals surface area contributed by atoms with E-state index in [-0.39, 0.29) is 17.7 Å². The van der Waals surface area contributed by atoms with Crippen molar-refractivity contribution in [2.45, 2.75) is 0 Å². The Morgan fingerprint density at radius 3 is 2.75 bits per heavy atom. The van der Waals surface area contributed by atoms with Gasteiger partial charge in [0, 0.05) is 20.3 Å². The zero-order valence-electron chi connectivity index (χ0n) is 11.3. The van der Waals surface area contributed by atoms with Crippen LogP contribution in [0.15, 0.2) is 17.6 Å². The van der Waals surface area contributed by atoms with Crippen molar-refractivity contribution in [3.8, 4) is 5.88 Å². The number of carbonyl (C=O) groups is 2. The molecule has 0 saturated carbocycles. The van der Waals surface area contributed by atoms with Crippen LogP contribution in [-0.4, -0.2) is 35.8 Å². The number of hydrogen-bond acceptors (Lipinski definition) is 5. The standard InChI is InChI=1S/C12H14N4O3S/c1-13-9(17)7-4-5-20-12(7)14-10(18)8-6-16(2)15-11(8)19-3/h4-6H,1-3H3,(H,13,17)(H,14,18). The van der Waals surface area contributed by atoms with Crippen molar-refractivity contribution < 1.29 is 14.3 Å². The SMILES string of the molecule is CNC(=O)c1ccsc1NC(=O)c1cn(C)nc1OC. The van der Waals surface area contributed by atoms with Gasteiger partial charge >= 0.3 is 0 Å². The van der Waals surface area contributed by atoms with Crippen LogP contribution in [0, 0.1) is 0 Å². The van der Waals surface area contributed by atoms with Crippen LogP contribution in [0.25, 0.3) is 0 Å². The minimum Gasteiger partial charge on any atom is -0.479 e. The van der Waals surface area contributed by atoms with Gasteiger partial charge in [0.05, 0.1) is 12.7 Å². The van der Waals surface area contributed by atoms with Crippen molar-refractivity contribution in [2.24, 2.45) is 7.05 Å². The van der Waals surface area contributed by atoms with Gasteiger partial charge in [0.15, 0.2) is 0 Å². The molecule has 0 atom stereocenters. The summed E-state index contributed by atoms with van der Waals surface area (Å²) in [6, 6.07) is 1.65. The van der Waals surface area contributed by atoms with Crippen molar-refractivity contribution >= 4 is 28.2 Å². The first kappa shape index (κ1) is 14.1. The molecule has 106 valence electrons. The molecule has 0 spiro atoms. The van der Waals surface area contributed by atoms with E-state index < -0.39 is 0 Å². The molecular weight excluding hydrogens is 280 g/mol. The Morgan fingerprint density at radius 1 is 1.35 bits per heavy atom. The minimum atomic E-state index is -0.373. The zero-order chi connectivity index (χ0) is 14.7. The van der Waals surface area contributed by atoms with Crippen molar-refractivity contribution in [2.75, 3.05) is 19.5 Å². The zero-order valence-corrected chi connectivity index (χ0v) is 12.1. The van der Waals surface area contributed by atoms with Gasteiger partial charge in [0.1, 0.15) is 10.6 Å². The molecule has 0 aliphatic rings. The lowest BCUT2D eigenvalue weighted by atomic mass is 10.3. The summed E-state index contributed by atoms with van der Waals surface area (Å²) >= 11 is 1.28. The van der Waals surface area contributed by atoms with Crippen molar-refractivity contribution in [3.05, 3.63) is 28.8 Å². The summed E-state index contributed by atoms with van der Waals surface area (Å²) in [6.07, 6.45) is 1.56. The Bertz CT molecular complexity index is 647. The molecule has 0 unspecified atom stereocenters. The third kappa shape index (κ3) is 2.64. The molecular formula is C12H14N4O3S. The van der Waals surface area contributed by atoms with Crippen LogP contribution >= 0.6 is 11.3 Å². The van der Waals surface area contributed by atoms with Gasteiger partial charge in [0.25, 0.3) is 11.8 Å². The van der Waals surface area contributed by atoms with E-state index in [1.807, 2.05) is 0 Å². The maximum Gasteiger partial charge on any atom is 0.263 e. The molecule has 2 amide bonds. The van der Waals surface area contributed by atoms with Gasteiger partial charge in [-0.1, -0.05) is 0 Å². The number of methoxy groups -OCH3 is 1. The van der Waals surface area contributed by atoms with Crippen LogP contribution in [0.1, 0.15) is 20.7 Å². The molecule has 0 bridgehead atoms. The highest BCUT2D eigenvalue weighted by molar-refractivity contribution is 7.14. The van der Waals surface area contributed by atoms with Gasteiger partial charge in [0.2, 0.25) is 5.88 Å². The first-order valence-electron chi connectivity index (χ1n) is 5.75. The van der Waals surface area contributed by atoms with Crippen LogP contribution in [0.3, 0.4) is 0 Å². The lowest BCUT2D eigenvalue weighted by Gasteiger charge is -2.05. The molecule has 0 fully saturated rings. The second-order valence-corrected chi connectivity index (χ2v) is 4.84. The number of ether oxygens (including phenoxy) is 1. The van der Waals surface area contributed by atoms with Crippen molar-refractivity contribution in [1.29, 1.82) is 0 Å². The average Bonchev–Trinajstić information content (AvgIpc) is 3.04. The summed E-state index contributed by atoms with van der Waals surface area (Å²) in [6.45, 7) is 0. The molecule has 2 aromatic heterocycles. The maximum atomic E-state index is 12.2. The van der Waals surface area contributed by atoms with Crippen LogP contribution in [0.2, 0.25) is 0 Å². The van der Waals surface area contributed by atoms with Gasteiger partial charge in [-0.05, 0) is 11.4 Å². The lowest BCUT2D eigenvalue weighted by molar-refractivity contribution is 0.0964. The molecule has 2 heterocycles. The Balaban J connectivity index is 2.24. The number of aryl methyl sites for hydroxylation is 1. The molecule has 0 aromatic carbocycles.